The van der Waals surface area contributed by atoms with Crippen molar-refractivity contribution in [3.05, 3.63) is 35.5 Å². The fraction of sp³-hybridized carbons (Fsp3) is 0.188. The maximum Gasteiger partial charge on any atom is 0.422 e. The van der Waals surface area contributed by atoms with Crippen molar-refractivity contribution in [1.82, 2.24) is 4.98 Å². The van der Waals surface area contributed by atoms with E-state index in [2.05, 4.69) is 9.98 Å². The predicted octanol–water partition coefficient (Wildman–Crippen LogP) is 2.32. The SMILES string of the molecule is N#Cc1cnc2ccc(C=S3CC(=O)N=C3N)cc2c1OCC(F)(F)F. The summed E-state index contributed by atoms with van der Waals surface area (Å²) in [5.74, 6) is -0.333. The molecule has 1 aliphatic rings. The van der Waals surface area contributed by atoms with Crippen LogP contribution in [0.1, 0.15) is 11.1 Å². The van der Waals surface area contributed by atoms with Crippen LogP contribution in [0.5, 0.6) is 5.75 Å². The van der Waals surface area contributed by atoms with Crippen LogP contribution >= 0.6 is 10.5 Å². The van der Waals surface area contributed by atoms with Gasteiger partial charge in [-0.05, 0) is 23.1 Å². The molecule has 0 radical (unpaired) electrons. The number of hydrogen-bond donors (Lipinski definition) is 1. The molecule has 134 valence electrons. The lowest BCUT2D eigenvalue weighted by Crippen LogP contribution is -2.19. The Hall–Kier alpha value is -2.93. The number of amidine groups is 1. The number of ether oxygens (including phenoxy) is 1. The van der Waals surface area contributed by atoms with E-state index >= 15 is 0 Å². The smallest absolute Gasteiger partial charge is 0.422 e. The van der Waals surface area contributed by atoms with E-state index in [-0.39, 0.29) is 33.5 Å². The molecule has 1 aliphatic heterocycles. The molecule has 6 nitrogen and oxygen atoms in total. The lowest BCUT2D eigenvalue weighted by molar-refractivity contribution is -0.153. The normalized spacial score (nSPS) is 17.4. The van der Waals surface area contributed by atoms with Gasteiger partial charge in [0, 0.05) is 11.6 Å². The Bertz CT molecular complexity index is 1010. The minimum Gasteiger partial charge on any atom is -0.482 e. The fourth-order valence-corrected chi connectivity index (χ4v) is 3.71. The van der Waals surface area contributed by atoms with Crippen LogP contribution in [0.15, 0.2) is 29.4 Å². The Morgan fingerprint density at radius 1 is 1.42 bits per heavy atom. The van der Waals surface area contributed by atoms with Crippen molar-refractivity contribution in [2.24, 2.45) is 10.7 Å². The molecule has 2 aromatic rings. The number of nitrogens with zero attached hydrogens (tertiary/aromatic N) is 3. The number of hydrogen-bond acceptors (Lipinski definition) is 5. The number of benzene rings is 1. The average molecular weight is 380 g/mol. The molecule has 1 aromatic heterocycles. The highest BCUT2D eigenvalue weighted by atomic mass is 32.2. The predicted molar refractivity (Wildman–Crippen MR) is 92.3 cm³/mol. The summed E-state index contributed by atoms with van der Waals surface area (Å²) in [5.41, 5.74) is 6.60. The summed E-state index contributed by atoms with van der Waals surface area (Å²) in [4.78, 5) is 19.1. The quantitative estimate of drug-likeness (QED) is 0.824. The largest absolute Gasteiger partial charge is 0.482 e. The zero-order valence-corrected chi connectivity index (χ0v) is 13.9. The Morgan fingerprint density at radius 2 is 2.19 bits per heavy atom. The van der Waals surface area contributed by atoms with Crippen LogP contribution in [0, 0.1) is 11.3 Å². The molecule has 10 heteroatoms. The number of aliphatic imine (C=N–C) groups is 1. The molecular formula is C16H11F3N4O2S. The molecule has 0 bridgehead atoms. The highest BCUT2D eigenvalue weighted by Crippen LogP contribution is 2.31. The van der Waals surface area contributed by atoms with Crippen LogP contribution in [0.3, 0.4) is 0 Å². The second kappa shape index (κ2) is 6.76. The first-order valence-corrected chi connectivity index (χ1v) is 8.66. The van der Waals surface area contributed by atoms with E-state index in [9.17, 15) is 18.0 Å². The van der Waals surface area contributed by atoms with Crippen molar-refractivity contribution in [3.63, 3.8) is 0 Å². The second-order valence-electron chi connectivity index (χ2n) is 5.33. The van der Waals surface area contributed by atoms with Crippen LogP contribution < -0.4 is 10.5 Å². The first-order valence-electron chi connectivity index (χ1n) is 7.21. The summed E-state index contributed by atoms with van der Waals surface area (Å²) in [6, 6.07) is 6.62. The standard InChI is InChI=1S/C16H11F3N4O2S/c17-16(18,19)8-25-14-10(4-20)5-22-12-2-1-9(3-11(12)14)6-26-7-13(24)23-15(26)21/h1-3,5-6H,7-8H2,(H2,21,23,24). The number of carbonyl (C=O) groups excluding carboxylic acids is 1. The van der Waals surface area contributed by atoms with Crippen LogP contribution in [0.4, 0.5) is 13.2 Å². The molecule has 26 heavy (non-hydrogen) atoms. The Labute approximate surface area is 148 Å². The number of fused-ring (bicyclic) bond motifs is 1. The number of nitrogens with two attached hydrogens (primary N) is 1. The number of aromatic nitrogens is 1. The van der Waals surface area contributed by atoms with Gasteiger partial charge in [0.2, 0.25) is 0 Å². The Morgan fingerprint density at radius 3 is 2.81 bits per heavy atom. The highest BCUT2D eigenvalue weighted by molar-refractivity contribution is 8.28. The second-order valence-corrected chi connectivity index (χ2v) is 7.13. The third-order valence-corrected chi connectivity index (χ3v) is 5.15. The summed E-state index contributed by atoms with van der Waals surface area (Å²) in [7, 11) is -0.681. The fourth-order valence-electron chi connectivity index (χ4n) is 2.34. The van der Waals surface area contributed by atoms with Crippen LogP contribution in [0.2, 0.25) is 0 Å². The maximum atomic E-state index is 12.5. The topological polar surface area (TPSA) is 101 Å². The molecule has 1 atom stereocenters. The van der Waals surface area contributed by atoms with E-state index in [0.717, 1.165) is 0 Å². The van der Waals surface area contributed by atoms with Gasteiger partial charge in [0.15, 0.2) is 11.8 Å². The van der Waals surface area contributed by atoms with Gasteiger partial charge in [-0.1, -0.05) is 6.07 Å². The molecule has 2 heterocycles. The maximum absolute atomic E-state index is 12.5. The molecule has 0 aliphatic carbocycles. The monoisotopic (exact) mass is 380 g/mol. The van der Waals surface area contributed by atoms with Gasteiger partial charge in [0.25, 0.3) is 5.91 Å². The zero-order chi connectivity index (χ0) is 18.9. The van der Waals surface area contributed by atoms with E-state index < -0.39 is 23.3 Å². The molecule has 3 rings (SSSR count). The van der Waals surface area contributed by atoms with E-state index in [4.69, 9.17) is 15.7 Å². The molecule has 0 spiro atoms. The number of pyridine rings is 1. The molecule has 2 N–H and O–H groups in total. The lowest BCUT2D eigenvalue weighted by atomic mass is 10.1. The van der Waals surface area contributed by atoms with Crippen LogP contribution in [0.25, 0.3) is 10.9 Å². The third kappa shape index (κ3) is 3.83. The molecule has 1 unspecified atom stereocenters. The first-order chi connectivity index (χ1) is 12.3. The van der Waals surface area contributed by atoms with E-state index in [1.165, 1.54) is 6.20 Å². The summed E-state index contributed by atoms with van der Waals surface area (Å²) in [5, 5.41) is 11.3. The van der Waals surface area contributed by atoms with Crippen molar-refractivity contribution in [2.75, 3.05) is 12.4 Å². The number of halogens is 3. The van der Waals surface area contributed by atoms with Crippen LogP contribution in [-0.4, -0.2) is 40.0 Å². The Balaban J connectivity index is 2.07. The van der Waals surface area contributed by atoms with E-state index in [0.29, 0.717) is 11.1 Å². The zero-order valence-electron chi connectivity index (χ0n) is 13.1. The number of nitriles is 1. The van der Waals surface area contributed by atoms with Crippen molar-refractivity contribution in [1.29, 1.82) is 5.26 Å². The van der Waals surface area contributed by atoms with Gasteiger partial charge in [-0.25, -0.2) is 0 Å². The van der Waals surface area contributed by atoms with Gasteiger partial charge in [-0.15, -0.1) is 10.5 Å². The molecule has 0 saturated heterocycles. The number of amides is 1. The molecule has 1 amide bonds. The van der Waals surface area contributed by atoms with Crippen molar-refractivity contribution < 1.29 is 22.7 Å². The van der Waals surface area contributed by atoms with Gasteiger partial charge in [-0.3, -0.25) is 9.78 Å². The molecule has 0 saturated carbocycles. The van der Waals surface area contributed by atoms with Crippen LogP contribution in [-0.2, 0) is 4.79 Å². The van der Waals surface area contributed by atoms with Crippen molar-refractivity contribution >= 4 is 37.8 Å². The number of carbonyl (C=O) groups is 1. The number of alkyl halides is 3. The third-order valence-electron chi connectivity index (χ3n) is 3.40. The first kappa shape index (κ1) is 17.9. The summed E-state index contributed by atoms with van der Waals surface area (Å²) < 4.78 is 42.4. The van der Waals surface area contributed by atoms with Gasteiger partial charge in [-0.2, -0.15) is 23.4 Å². The molecule has 1 aromatic carbocycles. The lowest BCUT2D eigenvalue weighted by Gasteiger charge is -2.13. The summed E-state index contributed by atoms with van der Waals surface area (Å²) in [6.45, 7) is -1.52. The molecule has 0 fully saturated rings. The minimum atomic E-state index is -4.54. The molecular weight excluding hydrogens is 369 g/mol. The van der Waals surface area contributed by atoms with E-state index in [1.807, 2.05) is 0 Å². The van der Waals surface area contributed by atoms with Gasteiger partial charge >= 0.3 is 6.18 Å². The van der Waals surface area contributed by atoms with Gasteiger partial charge in [0.1, 0.15) is 17.4 Å². The summed E-state index contributed by atoms with van der Waals surface area (Å²) in [6.07, 6.45) is -3.37. The Kier molecular flexibility index (Phi) is 4.65. The van der Waals surface area contributed by atoms with Gasteiger partial charge in [0.05, 0.1) is 11.3 Å². The van der Waals surface area contributed by atoms with Crippen molar-refractivity contribution in [2.45, 2.75) is 6.18 Å². The van der Waals surface area contributed by atoms with Gasteiger partial charge < -0.3 is 10.5 Å². The minimum absolute atomic E-state index is 0.0986. The van der Waals surface area contributed by atoms with Crippen molar-refractivity contribution in [3.8, 4) is 11.8 Å². The average Bonchev–Trinajstić information content (AvgIpc) is 2.88. The van der Waals surface area contributed by atoms with E-state index in [1.54, 1.807) is 29.6 Å². The summed E-state index contributed by atoms with van der Waals surface area (Å²) >= 11 is 0. The highest BCUT2D eigenvalue weighted by Gasteiger charge is 2.29. The number of rotatable bonds is 3.